The third kappa shape index (κ3) is 3.32. The Kier molecular flexibility index (Phi) is 4.91. The molecule has 0 bridgehead atoms. The van der Waals surface area contributed by atoms with Crippen molar-refractivity contribution in [1.29, 1.82) is 0 Å². The minimum Gasteiger partial charge on any atom is -0.495 e. The van der Waals surface area contributed by atoms with E-state index >= 15 is 0 Å². The molecule has 0 saturated heterocycles. The number of rotatable bonds is 5. The van der Waals surface area contributed by atoms with Crippen molar-refractivity contribution in [1.82, 2.24) is 4.98 Å². The zero-order valence-electron chi connectivity index (χ0n) is 11.6. The summed E-state index contributed by atoms with van der Waals surface area (Å²) < 4.78 is 10.6. The van der Waals surface area contributed by atoms with E-state index in [4.69, 9.17) is 9.47 Å². The van der Waals surface area contributed by atoms with Gasteiger partial charge in [-0.05, 0) is 24.8 Å². The van der Waals surface area contributed by atoms with Crippen molar-refractivity contribution >= 4 is 5.78 Å². The van der Waals surface area contributed by atoms with Gasteiger partial charge >= 0.3 is 0 Å². The molecule has 4 nitrogen and oxygen atoms in total. The van der Waals surface area contributed by atoms with Gasteiger partial charge in [0, 0.05) is 18.9 Å². The number of hydrogen-bond donors (Lipinski definition) is 0. The minimum absolute atomic E-state index is 0.0146. The number of carbonyl (C=O) groups excluding carboxylic acids is 1. The van der Waals surface area contributed by atoms with Crippen molar-refractivity contribution in [2.24, 2.45) is 5.92 Å². The van der Waals surface area contributed by atoms with Gasteiger partial charge in [0.05, 0.1) is 13.3 Å². The first-order valence-electron chi connectivity index (χ1n) is 6.82. The summed E-state index contributed by atoms with van der Waals surface area (Å²) in [7, 11) is 3.19. The highest BCUT2D eigenvalue weighted by atomic mass is 16.5. The van der Waals surface area contributed by atoms with Crippen molar-refractivity contribution < 1.29 is 14.3 Å². The van der Waals surface area contributed by atoms with Crippen LogP contribution in [0.15, 0.2) is 18.5 Å². The molecule has 1 atom stereocenters. The second-order valence-corrected chi connectivity index (χ2v) is 5.03. The van der Waals surface area contributed by atoms with E-state index in [2.05, 4.69) is 4.98 Å². The van der Waals surface area contributed by atoms with Crippen LogP contribution in [0.3, 0.4) is 0 Å². The number of nitrogens with zero attached hydrogens (tertiary/aromatic N) is 1. The Morgan fingerprint density at radius 1 is 1.26 bits per heavy atom. The summed E-state index contributed by atoms with van der Waals surface area (Å²) in [5, 5.41) is 0. The maximum atomic E-state index is 12.5. The molecule has 1 heterocycles. The average Bonchev–Trinajstić information content (AvgIpc) is 2.49. The number of carbonyl (C=O) groups is 1. The lowest BCUT2D eigenvalue weighted by Gasteiger charge is -2.28. The molecule has 2 rings (SSSR count). The summed E-state index contributed by atoms with van der Waals surface area (Å²) in [5.74, 6) is 0.947. The van der Waals surface area contributed by atoms with Gasteiger partial charge in [-0.25, -0.2) is 0 Å². The first-order valence-corrected chi connectivity index (χ1v) is 6.82. The molecule has 0 spiro atoms. The van der Waals surface area contributed by atoms with Crippen LogP contribution in [-0.2, 0) is 4.74 Å². The Labute approximate surface area is 114 Å². The van der Waals surface area contributed by atoms with E-state index in [9.17, 15) is 4.79 Å². The monoisotopic (exact) mass is 263 g/mol. The van der Waals surface area contributed by atoms with Crippen molar-refractivity contribution in [3.05, 3.63) is 24.0 Å². The Morgan fingerprint density at radius 2 is 2.00 bits per heavy atom. The molecule has 0 aromatic carbocycles. The molecule has 1 saturated carbocycles. The maximum absolute atomic E-state index is 12.5. The van der Waals surface area contributed by atoms with Gasteiger partial charge in [0.2, 0.25) is 0 Å². The highest BCUT2D eigenvalue weighted by Gasteiger charge is 2.30. The van der Waals surface area contributed by atoms with Crippen molar-refractivity contribution in [2.75, 3.05) is 14.2 Å². The summed E-state index contributed by atoms with van der Waals surface area (Å²) in [5.41, 5.74) is 0.566. The summed E-state index contributed by atoms with van der Waals surface area (Å²) >= 11 is 0. The molecule has 4 heteroatoms. The fourth-order valence-electron chi connectivity index (χ4n) is 2.78. The summed E-state index contributed by atoms with van der Waals surface area (Å²) in [6.07, 6.45) is 8.61. The third-order valence-corrected chi connectivity index (χ3v) is 3.82. The highest BCUT2D eigenvalue weighted by Crippen LogP contribution is 2.29. The second kappa shape index (κ2) is 6.66. The number of hydrogen-bond acceptors (Lipinski definition) is 4. The lowest BCUT2D eigenvalue weighted by atomic mass is 9.82. The predicted octanol–water partition coefficient (Wildman–Crippen LogP) is 2.87. The van der Waals surface area contributed by atoms with Gasteiger partial charge in [0.1, 0.15) is 11.9 Å². The molecule has 1 aromatic heterocycles. The molecule has 1 aliphatic rings. The van der Waals surface area contributed by atoms with Crippen LogP contribution in [-0.4, -0.2) is 31.1 Å². The standard InChI is InChI=1S/C15H21NO3/c1-18-13-8-12(9-16-10-13)14(17)15(19-2)11-6-4-3-5-7-11/h8-11,15H,3-7H2,1-2H3. The molecule has 104 valence electrons. The van der Waals surface area contributed by atoms with Crippen molar-refractivity contribution in [3.8, 4) is 5.75 Å². The van der Waals surface area contributed by atoms with Gasteiger partial charge in [-0.2, -0.15) is 0 Å². The van der Waals surface area contributed by atoms with Gasteiger partial charge in [-0.1, -0.05) is 19.3 Å². The first kappa shape index (κ1) is 14.0. The van der Waals surface area contributed by atoms with Crippen LogP contribution in [0.4, 0.5) is 0 Å². The van der Waals surface area contributed by atoms with Crippen LogP contribution in [0.1, 0.15) is 42.5 Å². The van der Waals surface area contributed by atoms with Crippen molar-refractivity contribution in [2.45, 2.75) is 38.2 Å². The molecule has 1 aromatic rings. The minimum atomic E-state index is -0.353. The zero-order valence-corrected chi connectivity index (χ0v) is 11.6. The molecule has 1 aliphatic carbocycles. The van der Waals surface area contributed by atoms with Crippen LogP contribution in [0.5, 0.6) is 5.75 Å². The predicted molar refractivity (Wildman–Crippen MR) is 72.5 cm³/mol. The fraction of sp³-hybridized carbons (Fsp3) is 0.600. The largest absolute Gasteiger partial charge is 0.495 e. The number of methoxy groups -OCH3 is 2. The van der Waals surface area contributed by atoms with E-state index in [-0.39, 0.29) is 11.9 Å². The summed E-state index contributed by atoms with van der Waals surface area (Å²) in [6, 6.07) is 1.73. The van der Waals surface area contributed by atoms with E-state index in [0.29, 0.717) is 17.2 Å². The molecule has 0 radical (unpaired) electrons. The van der Waals surface area contributed by atoms with E-state index in [0.717, 1.165) is 12.8 Å². The van der Waals surface area contributed by atoms with Crippen LogP contribution in [0.2, 0.25) is 0 Å². The normalized spacial score (nSPS) is 18.0. The topological polar surface area (TPSA) is 48.4 Å². The summed E-state index contributed by atoms with van der Waals surface area (Å²) in [4.78, 5) is 16.6. The maximum Gasteiger partial charge on any atom is 0.193 e. The fourth-order valence-corrected chi connectivity index (χ4v) is 2.78. The lowest BCUT2D eigenvalue weighted by molar-refractivity contribution is 0.0314. The SMILES string of the molecule is COc1cncc(C(=O)C(OC)C2CCCCC2)c1. The molecule has 19 heavy (non-hydrogen) atoms. The quantitative estimate of drug-likeness (QED) is 0.766. The number of pyridine rings is 1. The smallest absolute Gasteiger partial charge is 0.193 e. The number of Topliss-reactive ketones (excluding diaryl/α,β-unsaturated/α-hetero) is 1. The Hall–Kier alpha value is -1.42. The van der Waals surface area contributed by atoms with Crippen LogP contribution < -0.4 is 4.74 Å². The second-order valence-electron chi connectivity index (χ2n) is 5.03. The lowest BCUT2D eigenvalue weighted by Crippen LogP contribution is -2.33. The van der Waals surface area contributed by atoms with Gasteiger partial charge in [-0.15, -0.1) is 0 Å². The van der Waals surface area contributed by atoms with Crippen LogP contribution >= 0.6 is 0 Å². The number of ether oxygens (including phenoxy) is 2. The summed E-state index contributed by atoms with van der Waals surface area (Å²) in [6.45, 7) is 0. The van der Waals surface area contributed by atoms with Crippen LogP contribution in [0.25, 0.3) is 0 Å². The zero-order chi connectivity index (χ0) is 13.7. The van der Waals surface area contributed by atoms with E-state index in [1.807, 2.05) is 0 Å². The van der Waals surface area contributed by atoms with E-state index in [1.54, 1.807) is 32.7 Å². The molecule has 0 aliphatic heterocycles. The first-order chi connectivity index (χ1) is 9.26. The van der Waals surface area contributed by atoms with Crippen LogP contribution in [0, 0.1) is 5.92 Å². The van der Waals surface area contributed by atoms with E-state index in [1.165, 1.54) is 19.3 Å². The highest BCUT2D eigenvalue weighted by molar-refractivity contribution is 5.99. The molecule has 1 fully saturated rings. The molecule has 0 amide bonds. The molecule has 0 N–H and O–H groups in total. The Morgan fingerprint density at radius 3 is 2.63 bits per heavy atom. The third-order valence-electron chi connectivity index (χ3n) is 3.82. The molecule has 1 unspecified atom stereocenters. The average molecular weight is 263 g/mol. The van der Waals surface area contributed by atoms with Gasteiger partial charge in [0.15, 0.2) is 5.78 Å². The Bertz CT molecular complexity index is 427. The van der Waals surface area contributed by atoms with Gasteiger partial charge in [-0.3, -0.25) is 9.78 Å². The Balaban J connectivity index is 2.14. The molecular weight excluding hydrogens is 242 g/mol. The molecular formula is C15H21NO3. The number of ketones is 1. The van der Waals surface area contributed by atoms with E-state index < -0.39 is 0 Å². The van der Waals surface area contributed by atoms with Crippen molar-refractivity contribution in [3.63, 3.8) is 0 Å². The van der Waals surface area contributed by atoms with Gasteiger partial charge < -0.3 is 9.47 Å². The van der Waals surface area contributed by atoms with Gasteiger partial charge in [0.25, 0.3) is 0 Å². The number of aromatic nitrogens is 1.